The molecule has 2 amide bonds. The van der Waals surface area contributed by atoms with Crippen LogP contribution in [0.25, 0.3) is 0 Å². The number of carbonyl (C=O) groups is 2. The maximum Gasteiger partial charge on any atom is 0.274 e. The summed E-state index contributed by atoms with van der Waals surface area (Å²) in [7, 11) is 0. The first-order valence-corrected chi connectivity index (χ1v) is 9.04. The second-order valence-corrected chi connectivity index (χ2v) is 6.57. The molecule has 0 bridgehead atoms. The van der Waals surface area contributed by atoms with Gasteiger partial charge in [0, 0.05) is 12.1 Å². The fourth-order valence-corrected chi connectivity index (χ4v) is 3.34. The number of hydrogen-bond acceptors (Lipinski definition) is 5. The zero-order chi connectivity index (χ0) is 19.2. The van der Waals surface area contributed by atoms with Gasteiger partial charge in [-0.25, -0.2) is 5.48 Å². The van der Waals surface area contributed by atoms with Crippen LogP contribution in [0.15, 0.2) is 48.5 Å². The first-order valence-electron chi connectivity index (χ1n) is 9.04. The SMILES string of the molecule is NCCCC[C@@H]1C(=O)Nc2ccccc2N1Cc1ccc(C(=O)NO)cc1. The molecule has 0 saturated heterocycles. The number of nitrogens with zero attached hydrogens (tertiary/aromatic N) is 1. The number of unbranched alkanes of at least 4 members (excludes halogenated alkanes) is 1. The second kappa shape index (κ2) is 8.66. The predicted molar refractivity (Wildman–Crippen MR) is 104 cm³/mol. The maximum atomic E-state index is 12.7. The summed E-state index contributed by atoms with van der Waals surface area (Å²) < 4.78 is 0. The zero-order valence-corrected chi connectivity index (χ0v) is 15.0. The number of amides is 2. The highest BCUT2D eigenvalue weighted by Gasteiger charge is 2.32. The summed E-state index contributed by atoms with van der Waals surface area (Å²) in [5, 5.41) is 11.7. The molecule has 1 heterocycles. The Hall–Kier alpha value is -2.90. The van der Waals surface area contributed by atoms with E-state index in [4.69, 9.17) is 10.9 Å². The molecule has 7 heteroatoms. The summed E-state index contributed by atoms with van der Waals surface area (Å²) in [6.45, 7) is 1.15. The van der Waals surface area contributed by atoms with Crippen molar-refractivity contribution in [2.24, 2.45) is 5.73 Å². The average molecular weight is 368 g/mol. The van der Waals surface area contributed by atoms with E-state index in [0.717, 1.165) is 36.2 Å². The van der Waals surface area contributed by atoms with Crippen LogP contribution in [-0.2, 0) is 11.3 Å². The van der Waals surface area contributed by atoms with Crippen molar-refractivity contribution in [3.05, 3.63) is 59.7 Å². The topological polar surface area (TPSA) is 108 Å². The van der Waals surface area contributed by atoms with E-state index in [9.17, 15) is 9.59 Å². The van der Waals surface area contributed by atoms with Crippen molar-refractivity contribution in [2.75, 3.05) is 16.8 Å². The molecule has 7 nitrogen and oxygen atoms in total. The van der Waals surface area contributed by atoms with Crippen LogP contribution in [0.4, 0.5) is 11.4 Å². The summed E-state index contributed by atoms with van der Waals surface area (Å²) in [6.07, 6.45) is 2.48. The van der Waals surface area contributed by atoms with Gasteiger partial charge in [-0.3, -0.25) is 14.8 Å². The smallest absolute Gasteiger partial charge is 0.274 e. The molecule has 0 aliphatic carbocycles. The Morgan fingerprint density at radius 1 is 1.15 bits per heavy atom. The quantitative estimate of drug-likeness (QED) is 0.341. The third kappa shape index (κ3) is 4.27. The summed E-state index contributed by atoms with van der Waals surface area (Å²) >= 11 is 0. The molecule has 2 aromatic carbocycles. The van der Waals surface area contributed by atoms with Gasteiger partial charge in [0.2, 0.25) is 5.91 Å². The zero-order valence-electron chi connectivity index (χ0n) is 15.0. The highest BCUT2D eigenvalue weighted by molar-refractivity contribution is 6.03. The van der Waals surface area contributed by atoms with E-state index < -0.39 is 5.91 Å². The molecule has 1 aliphatic heterocycles. The number of hydroxylamine groups is 1. The Kier molecular flexibility index (Phi) is 6.05. The summed E-state index contributed by atoms with van der Waals surface area (Å²) in [4.78, 5) is 26.3. The number of nitrogens with two attached hydrogens (primary N) is 1. The normalized spacial score (nSPS) is 15.9. The van der Waals surface area contributed by atoms with Crippen molar-refractivity contribution in [1.29, 1.82) is 0 Å². The Morgan fingerprint density at radius 2 is 1.89 bits per heavy atom. The molecule has 1 atom stereocenters. The van der Waals surface area contributed by atoms with Crippen molar-refractivity contribution in [2.45, 2.75) is 31.8 Å². The largest absolute Gasteiger partial charge is 0.353 e. The number of rotatable bonds is 7. The van der Waals surface area contributed by atoms with Crippen LogP contribution >= 0.6 is 0 Å². The van der Waals surface area contributed by atoms with Crippen molar-refractivity contribution >= 4 is 23.2 Å². The number of fused-ring (bicyclic) bond motifs is 1. The van der Waals surface area contributed by atoms with Gasteiger partial charge in [-0.15, -0.1) is 0 Å². The minimum Gasteiger partial charge on any atom is -0.353 e. The minimum atomic E-state index is -0.552. The van der Waals surface area contributed by atoms with E-state index in [1.54, 1.807) is 17.6 Å². The average Bonchev–Trinajstić information content (AvgIpc) is 2.70. The van der Waals surface area contributed by atoms with Crippen LogP contribution in [0, 0.1) is 0 Å². The van der Waals surface area contributed by atoms with Gasteiger partial charge in [0.05, 0.1) is 11.4 Å². The van der Waals surface area contributed by atoms with Crippen molar-refractivity contribution in [1.82, 2.24) is 5.48 Å². The van der Waals surface area contributed by atoms with Crippen LogP contribution in [0.5, 0.6) is 0 Å². The van der Waals surface area contributed by atoms with Crippen LogP contribution < -0.4 is 21.4 Å². The fraction of sp³-hybridized carbons (Fsp3) is 0.300. The summed E-state index contributed by atoms with van der Waals surface area (Å²) in [5.74, 6) is -0.564. The maximum absolute atomic E-state index is 12.7. The van der Waals surface area contributed by atoms with Crippen molar-refractivity contribution in [3.8, 4) is 0 Å². The van der Waals surface area contributed by atoms with Gasteiger partial charge >= 0.3 is 0 Å². The Bertz CT molecular complexity index is 807. The molecule has 27 heavy (non-hydrogen) atoms. The van der Waals surface area contributed by atoms with E-state index in [1.165, 1.54) is 0 Å². The van der Waals surface area contributed by atoms with Gasteiger partial charge in [0.1, 0.15) is 6.04 Å². The lowest BCUT2D eigenvalue weighted by Crippen LogP contribution is -2.47. The van der Waals surface area contributed by atoms with E-state index in [0.29, 0.717) is 18.7 Å². The van der Waals surface area contributed by atoms with Gasteiger partial charge in [0.15, 0.2) is 0 Å². The number of benzene rings is 2. The third-order valence-electron chi connectivity index (χ3n) is 4.75. The molecule has 2 aromatic rings. The molecular formula is C20H24N4O3. The van der Waals surface area contributed by atoms with Gasteiger partial charge in [-0.2, -0.15) is 0 Å². The number of anilines is 2. The number of para-hydroxylation sites is 2. The molecule has 5 N–H and O–H groups in total. The summed E-state index contributed by atoms with van der Waals surface area (Å²) in [6, 6.07) is 14.4. The molecule has 1 aliphatic rings. The first kappa shape index (κ1) is 18.9. The molecule has 0 spiro atoms. The van der Waals surface area contributed by atoms with Gasteiger partial charge < -0.3 is 16.0 Å². The Balaban J connectivity index is 1.86. The molecule has 0 fully saturated rings. The number of carbonyl (C=O) groups excluding carboxylic acids is 2. The van der Waals surface area contributed by atoms with Gasteiger partial charge in [-0.05, 0) is 55.6 Å². The lowest BCUT2D eigenvalue weighted by molar-refractivity contribution is -0.117. The lowest BCUT2D eigenvalue weighted by atomic mass is 10.0. The van der Waals surface area contributed by atoms with Crippen LogP contribution in [0.3, 0.4) is 0 Å². The van der Waals surface area contributed by atoms with Gasteiger partial charge in [0.25, 0.3) is 5.91 Å². The van der Waals surface area contributed by atoms with E-state index >= 15 is 0 Å². The van der Waals surface area contributed by atoms with Gasteiger partial charge in [-0.1, -0.05) is 24.3 Å². The highest BCUT2D eigenvalue weighted by Crippen LogP contribution is 2.34. The lowest BCUT2D eigenvalue weighted by Gasteiger charge is -2.38. The first-order chi connectivity index (χ1) is 13.1. The third-order valence-corrected chi connectivity index (χ3v) is 4.75. The number of nitrogens with one attached hydrogen (secondary N) is 2. The Morgan fingerprint density at radius 3 is 2.59 bits per heavy atom. The molecule has 0 radical (unpaired) electrons. The minimum absolute atomic E-state index is 0.0120. The molecule has 0 aromatic heterocycles. The second-order valence-electron chi connectivity index (χ2n) is 6.57. The molecule has 142 valence electrons. The molecule has 3 rings (SSSR count). The van der Waals surface area contributed by atoms with Crippen molar-refractivity contribution < 1.29 is 14.8 Å². The predicted octanol–water partition coefficient (Wildman–Crippen LogP) is 2.26. The highest BCUT2D eigenvalue weighted by atomic mass is 16.5. The van der Waals surface area contributed by atoms with Crippen molar-refractivity contribution in [3.63, 3.8) is 0 Å². The van der Waals surface area contributed by atoms with Crippen LogP contribution in [0.1, 0.15) is 35.2 Å². The number of hydrogen-bond donors (Lipinski definition) is 4. The monoisotopic (exact) mass is 368 g/mol. The van der Waals surface area contributed by atoms with Crippen LogP contribution in [-0.4, -0.2) is 29.6 Å². The molecule has 0 unspecified atom stereocenters. The molecular weight excluding hydrogens is 344 g/mol. The summed E-state index contributed by atoms with van der Waals surface area (Å²) in [5.41, 5.74) is 10.3. The van der Waals surface area contributed by atoms with Crippen LogP contribution in [0.2, 0.25) is 0 Å². The van der Waals surface area contributed by atoms with E-state index in [2.05, 4.69) is 10.2 Å². The fourth-order valence-electron chi connectivity index (χ4n) is 3.34. The van der Waals surface area contributed by atoms with E-state index in [1.807, 2.05) is 36.4 Å². The molecule has 0 saturated carbocycles. The Labute approximate surface area is 158 Å². The van der Waals surface area contributed by atoms with E-state index in [-0.39, 0.29) is 11.9 Å². The standard InChI is InChI=1S/C20H24N4O3/c21-12-4-3-7-18-20(26)22-16-5-1-2-6-17(16)24(18)13-14-8-10-15(11-9-14)19(25)23-27/h1-2,5-6,8-11,18,27H,3-4,7,12-13,21H2,(H,22,26)(H,23,25)/t18-/m1/s1.